The van der Waals surface area contributed by atoms with Crippen LogP contribution in [0.5, 0.6) is 5.75 Å². The van der Waals surface area contributed by atoms with Gasteiger partial charge in [-0.1, -0.05) is 11.2 Å². The molecule has 0 bridgehead atoms. The third-order valence-corrected chi connectivity index (χ3v) is 2.18. The highest BCUT2D eigenvalue weighted by molar-refractivity contribution is 5.80. The second-order valence-electron chi connectivity index (χ2n) is 3.47. The standard InChI is InChI=1S/C11H17N3O2/c1-8-3-4-10(16-2)9(7-8)13-6-5-11(12)14-15/h3-4,7,13,15H,5-6H2,1-2H3,(H2,12,14). The molecule has 4 N–H and O–H groups in total. The lowest BCUT2D eigenvalue weighted by atomic mass is 10.2. The predicted octanol–water partition coefficient (Wildman–Crippen LogP) is 1.55. The summed E-state index contributed by atoms with van der Waals surface area (Å²) >= 11 is 0. The maximum atomic E-state index is 8.39. The molecule has 0 aliphatic rings. The number of methoxy groups -OCH3 is 1. The SMILES string of the molecule is COc1ccc(C)cc1NCCC(N)=NO. The molecule has 0 radical (unpaired) electrons. The van der Waals surface area contributed by atoms with Gasteiger partial charge in [0.15, 0.2) is 0 Å². The summed E-state index contributed by atoms with van der Waals surface area (Å²) in [7, 11) is 1.62. The van der Waals surface area contributed by atoms with Gasteiger partial charge in [-0.05, 0) is 24.6 Å². The maximum absolute atomic E-state index is 8.39. The first-order valence-corrected chi connectivity index (χ1v) is 5.02. The summed E-state index contributed by atoms with van der Waals surface area (Å²) in [6.45, 7) is 2.60. The monoisotopic (exact) mass is 223 g/mol. The van der Waals surface area contributed by atoms with E-state index in [4.69, 9.17) is 15.7 Å². The quantitative estimate of drug-likeness (QED) is 0.306. The fourth-order valence-electron chi connectivity index (χ4n) is 1.34. The average Bonchev–Trinajstić information content (AvgIpc) is 2.29. The Balaban J connectivity index is 2.62. The first-order chi connectivity index (χ1) is 7.67. The minimum absolute atomic E-state index is 0.208. The number of nitrogens with two attached hydrogens (primary N) is 1. The Morgan fingerprint density at radius 3 is 2.94 bits per heavy atom. The molecular weight excluding hydrogens is 206 g/mol. The van der Waals surface area contributed by atoms with E-state index < -0.39 is 0 Å². The smallest absolute Gasteiger partial charge is 0.141 e. The van der Waals surface area contributed by atoms with Gasteiger partial charge >= 0.3 is 0 Å². The molecule has 0 aliphatic heterocycles. The lowest BCUT2D eigenvalue weighted by Gasteiger charge is -2.11. The summed E-state index contributed by atoms with van der Waals surface area (Å²) in [5.74, 6) is 0.990. The molecule has 0 fully saturated rings. The van der Waals surface area contributed by atoms with Gasteiger partial charge in [-0.2, -0.15) is 0 Å². The highest BCUT2D eigenvalue weighted by atomic mass is 16.5. The van der Waals surface area contributed by atoms with E-state index in [0.717, 1.165) is 17.0 Å². The molecule has 0 saturated carbocycles. The minimum atomic E-state index is 0.208. The van der Waals surface area contributed by atoms with Crippen molar-refractivity contribution in [2.45, 2.75) is 13.3 Å². The highest BCUT2D eigenvalue weighted by Crippen LogP contribution is 2.24. The van der Waals surface area contributed by atoms with E-state index in [9.17, 15) is 0 Å². The summed E-state index contributed by atoms with van der Waals surface area (Å²) < 4.78 is 5.21. The Labute approximate surface area is 94.9 Å². The molecular formula is C11H17N3O2. The number of nitrogens with one attached hydrogen (secondary N) is 1. The van der Waals surface area contributed by atoms with E-state index in [0.29, 0.717) is 13.0 Å². The molecule has 0 spiro atoms. The van der Waals surface area contributed by atoms with Crippen molar-refractivity contribution >= 4 is 11.5 Å². The van der Waals surface area contributed by atoms with Crippen LogP contribution in [-0.4, -0.2) is 24.7 Å². The van der Waals surface area contributed by atoms with Gasteiger partial charge in [0.25, 0.3) is 0 Å². The van der Waals surface area contributed by atoms with E-state index >= 15 is 0 Å². The zero-order chi connectivity index (χ0) is 12.0. The Morgan fingerprint density at radius 2 is 2.31 bits per heavy atom. The topological polar surface area (TPSA) is 79.9 Å². The number of rotatable bonds is 5. The van der Waals surface area contributed by atoms with E-state index in [2.05, 4.69) is 10.5 Å². The number of benzene rings is 1. The molecule has 0 amide bonds. The summed E-state index contributed by atoms with van der Waals surface area (Å²) in [6.07, 6.45) is 0.480. The van der Waals surface area contributed by atoms with Gasteiger partial charge < -0.3 is 21.0 Å². The van der Waals surface area contributed by atoms with Crippen LogP contribution in [0.25, 0.3) is 0 Å². The number of aryl methyl sites for hydroxylation is 1. The fraction of sp³-hybridized carbons (Fsp3) is 0.364. The number of oxime groups is 1. The van der Waals surface area contributed by atoms with Crippen LogP contribution in [0.15, 0.2) is 23.4 Å². The van der Waals surface area contributed by atoms with Crippen LogP contribution in [-0.2, 0) is 0 Å². The van der Waals surface area contributed by atoms with E-state index in [1.54, 1.807) is 7.11 Å². The van der Waals surface area contributed by atoms with E-state index in [1.807, 2.05) is 25.1 Å². The Kier molecular flexibility index (Phi) is 4.44. The molecule has 0 aliphatic carbocycles. The number of ether oxygens (including phenoxy) is 1. The number of amidine groups is 1. The van der Waals surface area contributed by atoms with Gasteiger partial charge in [-0.15, -0.1) is 0 Å². The molecule has 5 heteroatoms. The van der Waals surface area contributed by atoms with Crippen LogP contribution < -0.4 is 15.8 Å². The molecule has 1 aromatic carbocycles. The third kappa shape index (κ3) is 3.34. The van der Waals surface area contributed by atoms with Crippen LogP contribution in [0, 0.1) is 6.92 Å². The number of anilines is 1. The Hall–Kier alpha value is -1.91. The van der Waals surface area contributed by atoms with Gasteiger partial charge in [0.2, 0.25) is 0 Å². The van der Waals surface area contributed by atoms with Crippen LogP contribution in [0.1, 0.15) is 12.0 Å². The van der Waals surface area contributed by atoms with Crippen LogP contribution in [0.3, 0.4) is 0 Å². The predicted molar refractivity (Wildman–Crippen MR) is 64.2 cm³/mol. The van der Waals surface area contributed by atoms with Gasteiger partial charge in [0.1, 0.15) is 11.6 Å². The van der Waals surface area contributed by atoms with Crippen molar-refractivity contribution in [3.8, 4) is 5.75 Å². The second kappa shape index (κ2) is 5.85. The first-order valence-electron chi connectivity index (χ1n) is 5.02. The summed E-state index contributed by atoms with van der Waals surface area (Å²) in [5.41, 5.74) is 7.42. The summed E-state index contributed by atoms with van der Waals surface area (Å²) in [4.78, 5) is 0. The third-order valence-electron chi connectivity index (χ3n) is 2.18. The summed E-state index contributed by atoms with van der Waals surface area (Å²) in [5, 5.41) is 14.5. The molecule has 88 valence electrons. The molecule has 0 aromatic heterocycles. The Morgan fingerprint density at radius 1 is 1.56 bits per heavy atom. The lowest BCUT2D eigenvalue weighted by Crippen LogP contribution is -2.16. The van der Waals surface area contributed by atoms with Crippen LogP contribution in [0.4, 0.5) is 5.69 Å². The molecule has 0 unspecified atom stereocenters. The maximum Gasteiger partial charge on any atom is 0.141 e. The van der Waals surface area contributed by atoms with Crippen LogP contribution in [0.2, 0.25) is 0 Å². The normalized spacial score (nSPS) is 11.2. The van der Waals surface area contributed by atoms with Crippen molar-refractivity contribution in [3.63, 3.8) is 0 Å². The second-order valence-corrected chi connectivity index (χ2v) is 3.47. The molecule has 0 saturated heterocycles. The number of hydrogen-bond acceptors (Lipinski definition) is 4. The molecule has 0 atom stereocenters. The molecule has 0 heterocycles. The van der Waals surface area contributed by atoms with Crippen molar-refractivity contribution in [1.29, 1.82) is 0 Å². The zero-order valence-electron chi connectivity index (χ0n) is 9.53. The highest BCUT2D eigenvalue weighted by Gasteiger charge is 2.02. The van der Waals surface area contributed by atoms with Crippen molar-refractivity contribution < 1.29 is 9.94 Å². The molecule has 16 heavy (non-hydrogen) atoms. The van der Waals surface area contributed by atoms with Crippen molar-refractivity contribution in [3.05, 3.63) is 23.8 Å². The first kappa shape index (κ1) is 12.2. The number of nitrogens with zero attached hydrogens (tertiary/aromatic N) is 1. The van der Waals surface area contributed by atoms with Gasteiger partial charge in [0.05, 0.1) is 12.8 Å². The van der Waals surface area contributed by atoms with E-state index in [1.165, 1.54) is 0 Å². The van der Waals surface area contributed by atoms with Gasteiger partial charge in [-0.3, -0.25) is 0 Å². The Bertz CT molecular complexity index is 377. The molecule has 5 nitrogen and oxygen atoms in total. The number of hydrogen-bond donors (Lipinski definition) is 3. The largest absolute Gasteiger partial charge is 0.495 e. The van der Waals surface area contributed by atoms with Crippen molar-refractivity contribution in [2.75, 3.05) is 19.0 Å². The van der Waals surface area contributed by atoms with Gasteiger partial charge in [-0.25, -0.2) is 0 Å². The minimum Gasteiger partial charge on any atom is -0.495 e. The lowest BCUT2D eigenvalue weighted by molar-refractivity contribution is 0.317. The average molecular weight is 223 g/mol. The fourth-order valence-corrected chi connectivity index (χ4v) is 1.34. The summed E-state index contributed by atoms with van der Waals surface area (Å²) in [6, 6.07) is 5.87. The van der Waals surface area contributed by atoms with E-state index in [-0.39, 0.29) is 5.84 Å². The van der Waals surface area contributed by atoms with Crippen molar-refractivity contribution in [1.82, 2.24) is 0 Å². The van der Waals surface area contributed by atoms with Crippen molar-refractivity contribution in [2.24, 2.45) is 10.9 Å². The zero-order valence-corrected chi connectivity index (χ0v) is 9.53. The molecule has 1 rings (SSSR count). The molecule has 1 aromatic rings. The van der Waals surface area contributed by atoms with Gasteiger partial charge in [0, 0.05) is 13.0 Å². The van der Waals surface area contributed by atoms with Crippen LogP contribution >= 0.6 is 0 Å².